The molecule has 2 aromatic rings. The van der Waals surface area contributed by atoms with E-state index in [9.17, 15) is 9.59 Å². The quantitative estimate of drug-likeness (QED) is 0.756. The van der Waals surface area contributed by atoms with Crippen LogP contribution >= 0.6 is 11.6 Å². The summed E-state index contributed by atoms with van der Waals surface area (Å²) in [4.78, 5) is 25.3. The predicted molar refractivity (Wildman–Crippen MR) is 108 cm³/mol. The average Bonchev–Trinajstić information content (AvgIpc) is 3.19. The molecule has 142 valence electrons. The Hall–Kier alpha value is -2.53. The van der Waals surface area contributed by atoms with Crippen LogP contribution in [0.4, 0.5) is 11.4 Å². The standard InChI is InChI=1S/C21H23ClN2O3/c1-13-11-18(19(27-2)12-16(13)22)24-21(26)15-9-5-6-10-17(15)23-20(25)14-7-3-4-8-14/h5-6,9-12,14H,3-4,7-8H2,1-2H3,(H,23,25)(H,24,26). The first-order valence-corrected chi connectivity index (χ1v) is 9.42. The highest BCUT2D eigenvalue weighted by atomic mass is 35.5. The molecule has 1 saturated carbocycles. The van der Waals surface area contributed by atoms with Gasteiger partial charge in [-0.3, -0.25) is 9.59 Å². The summed E-state index contributed by atoms with van der Waals surface area (Å²) in [6.45, 7) is 1.85. The summed E-state index contributed by atoms with van der Waals surface area (Å²) in [6, 6.07) is 10.4. The highest BCUT2D eigenvalue weighted by Crippen LogP contribution is 2.32. The molecule has 0 aromatic heterocycles. The molecule has 2 aromatic carbocycles. The number of nitrogens with one attached hydrogen (secondary N) is 2. The number of amides is 2. The minimum absolute atomic E-state index is 0.0207. The third kappa shape index (κ3) is 4.42. The molecule has 5 nitrogen and oxygen atoms in total. The Balaban J connectivity index is 1.81. The van der Waals surface area contributed by atoms with Gasteiger partial charge in [-0.1, -0.05) is 36.6 Å². The van der Waals surface area contributed by atoms with Crippen molar-refractivity contribution in [3.63, 3.8) is 0 Å². The fourth-order valence-corrected chi connectivity index (χ4v) is 3.49. The van der Waals surface area contributed by atoms with Crippen molar-refractivity contribution in [3.8, 4) is 5.75 Å². The van der Waals surface area contributed by atoms with Crippen molar-refractivity contribution in [2.45, 2.75) is 32.6 Å². The Labute approximate surface area is 164 Å². The van der Waals surface area contributed by atoms with E-state index in [4.69, 9.17) is 16.3 Å². The Morgan fingerprint density at radius 3 is 2.48 bits per heavy atom. The van der Waals surface area contributed by atoms with Crippen LogP contribution < -0.4 is 15.4 Å². The van der Waals surface area contributed by atoms with E-state index in [1.165, 1.54) is 7.11 Å². The van der Waals surface area contributed by atoms with E-state index in [1.54, 1.807) is 36.4 Å². The molecule has 0 heterocycles. The van der Waals surface area contributed by atoms with Gasteiger partial charge in [0.25, 0.3) is 5.91 Å². The number of rotatable bonds is 5. The number of aryl methyl sites for hydroxylation is 1. The largest absolute Gasteiger partial charge is 0.495 e. The van der Waals surface area contributed by atoms with E-state index in [2.05, 4.69) is 10.6 Å². The Kier molecular flexibility index (Phi) is 6.01. The SMILES string of the molecule is COc1cc(Cl)c(C)cc1NC(=O)c1ccccc1NC(=O)C1CCCC1. The molecule has 0 spiro atoms. The Morgan fingerprint density at radius 2 is 1.78 bits per heavy atom. The molecule has 6 heteroatoms. The van der Waals surface area contributed by atoms with Crippen molar-refractivity contribution in [1.82, 2.24) is 0 Å². The maximum absolute atomic E-state index is 12.9. The first-order chi connectivity index (χ1) is 13.0. The van der Waals surface area contributed by atoms with Crippen LogP contribution in [0.15, 0.2) is 36.4 Å². The fraction of sp³-hybridized carbons (Fsp3) is 0.333. The van der Waals surface area contributed by atoms with Gasteiger partial charge in [0.05, 0.1) is 24.0 Å². The van der Waals surface area contributed by atoms with Crippen LogP contribution in [-0.4, -0.2) is 18.9 Å². The number of hydrogen-bond acceptors (Lipinski definition) is 3. The van der Waals surface area contributed by atoms with Crippen molar-refractivity contribution >= 4 is 34.8 Å². The number of anilines is 2. The van der Waals surface area contributed by atoms with E-state index >= 15 is 0 Å². The highest BCUT2D eigenvalue weighted by Gasteiger charge is 2.24. The van der Waals surface area contributed by atoms with E-state index in [0.29, 0.717) is 27.7 Å². The second kappa shape index (κ2) is 8.44. The van der Waals surface area contributed by atoms with Crippen LogP contribution in [0.25, 0.3) is 0 Å². The van der Waals surface area contributed by atoms with Gasteiger partial charge in [-0.2, -0.15) is 0 Å². The van der Waals surface area contributed by atoms with Gasteiger partial charge in [-0.25, -0.2) is 0 Å². The molecular weight excluding hydrogens is 364 g/mol. The zero-order valence-corrected chi connectivity index (χ0v) is 16.2. The van der Waals surface area contributed by atoms with Crippen LogP contribution in [-0.2, 0) is 4.79 Å². The number of carbonyl (C=O) groups is 2. The maximum Gasteiger partial charge on any atom is 0.257 e. The summed E-state index contributed by atoms with van der Waals surface area (Å²) in [5.41, 5.74) is 2.27. The molecule has 0 radical (unpaired) electrons. The molecule has 2 amide bonds. The number of ether oxygens (including phenoxy) is 1. The number of methoxy groups -OCH3 is 1. The van der Waals surface area contributed by atoms with Gasteiger partial charge in [0.15, 0.2) is 0 Å². The van der Waals surface area contributed by atoms with Gasteiger partial charge in [0, 0.05) is 17.0 Å². The van der Waals surface area contributed by atoms with Crippen molar-refractivity contribution < 1.29 is 14.3 Å². The number of hydrogen-bond donors (Lipinski definition) is 2. The molecule has 0 aliphatic heterocycles. The Morgan fingerprint density at radius 1 is 1.07 bits per heavy atom. The van der Waals surface area contributed by atoms with Crippen molar-refractivity contribution in [2.24, 2.45) is 5.92 Å². The van der Waals surface area contributed by atoms with Crippen LogP contribution in [0.2, 0.25) is 5.02 Å². The highest BCUT2D eigenvalue weighted by molar-refractivity contribution is 6.31. The number of halogens is 1. The van der Waals surface area contributed by atoms with E-state index < -0.39 is 0 Å². The van der Waals surface area contributed by atoms with E-state index in [-0.39, 0.29) is 17.7 Å². The zero-order chi connectivity index (χ0) is 19.4. The molecule has 0 atom stereocenters. The van der Waals surface area contributed by atoms with Gasteiger partial charge < -0.3 is 15.4 Å². The third-order valence-electron chi connectivity index (χ3n) is 4.88. The van der Waals surface area contributed by atoms with Crippen molar-refractivity contribution in [1.29, 1.82) is 0 Å². The third-order valence-corrected chi connectivity index (χ3v) is 5.29. The van der Waals surface area contributed by atoms with Crippen LogP contribution in [0, 0.1) is 12.8 Å². The van der Waals surface area contributed by atoms with Gasteiger partial charge in [0.2, 0.25) is 5.91 Å². The van der Waals surface area contributed by atoms with E-state index in [0.717, 1.165) is 31.2 Å². The second-order valence-corrected chi connectivity index (χ2v) is 7.18. The van der Waals surface area contributed by atoms with Crippen molar-refractivity contribution in [2.75, 3.05) is 17.7 Å². The van der Waals surface area contributed by atoms with Gasteiger partial charge in [0.1, 0.15) is 5.75 Å². The molecule has 0 bridgehead atoms. The lowest BCUT2D eigenvalue weighted by Gasteiger charge is -2.15. The van der Waals surface area contributed by atoms with Gasteiger partial charge in [-0.05, 0) is 43.5 Å². The number of carbonyl (C=O) groups excluding carboxylic acids is 2. The van der Waals surface area contributed by atoms with Crippen LogP contribution in [0.5, 0.6) is 5.75 Å². The lowest BCUT2D eigenvalue weighted by molar-refractivity contribution is -0.119. The summed E-state index contributed by atoms with van der Waals surface area (Å²) in [5, 5.41) is 6.34. The zero-order valence-electron chi connectivity index (χ0n) is 15.5. The lowest BCUT2D eigenvalue weighted by atomic mass is 10.1. The molecule has 0 saturated heterocycles. The second-order valence-electron chi connectivity index (χ2n) is 6.77. The molecule has 3 rings (SSSR count). The summed E-state index contributed by atoms with van der Waals surface area (Å²) < 4.78 is 5.31. The first-order valence-electron chi connectivity index (χ1n) is 9.05. The fourth-order valence-electron chi connectivity index (χ4n) is 3.33. The monoisotopic (exact) mass is 386 g/mol. The lowest BCUT2D eigenvalue weighted by Crippen LogP contribution is -2.23. The molecule has 2 N–H and O–H groups in total. The van der Waals surface area contributed by atoms with Gasteiger partial charge in [-0.15, -0.1) is 0 Å². The molecule has 27 heavy (non-hydrogen) atoms. The predicted octanol–water partition coefficient (Wildman–Crippen LogP) is 5.04. The van der Waals surface area contributed by atoms with Crippen LogP contribution in [0.1, 0.15) is 41.6 Å². The number of para-hydroxylation sites is 1. The Bertz CT molecular complexity index is 861. The van der Waals surface area contributed by atoms with E-state index in [1.807, 2.05) is 6.92 Å². The van der Waals surface area contributed by atoms with Gasteiger partial charge >= 0.3 is 0 Å². The summed E-state index contributed by atoms with van der Waals surface area (Å²) in [7, 11) is 1.52. The average molecular weight is 387 g/mol. The molecule has 1 aliphatic carbocycles. The topological polar surface area (TPSA) is 67.4 Å². The number of benzene rings is 2. The minimum atomic E-state index is -0.322. The minimum Gasteiger partial charge on any atom is -0.495 e. The van der Waals surface area contributed by atoms with Crippen molar-refractivity contribution in [3.05, 3.63) is 52.5 Å². The molecular formula is C21H23ClN2O3. The smallest absolute Gasteiger partial charge is 0.257 e. The maximum atomic E-state index is 12.9. The molecule has 1 aliphatic rings. The normalized spacial score (nSPS) is 14.0. The summed E-state index contributed by atoms with van der Waals surface area (Å²) in [6.07, 6.45) is 3.97. The molecule has 0 unspecified atom stereocenters. The molecule has 1 fully saturated rings. The summed E-state index contributed by atoms with van der Waals surface area (Å²) in [5.74, 6) is 0.163. The summed E-state index contributed by atoms with van der Waals surface area (Å²) >= 11 is 6.12. The first kappa shape index (κ1) is 19.2. The van der Waals surface area contributed by atoms with Crippen LogP contribution in [0.3, 0.4) is 0 Å².